The van der Waals surface area contributed by atoms with Gasteiger partial charge in [-0.1, -0.05) is 6.08 Å². The molecule has 0 aromatic heterocycles. The van der Waals surface area contributed by atoms with Gasteiger partial charge in [0.15, 0.2) is 0 Å². The maximum atomic E-state index is 9.17. The van der Waals surface area contributed by atoms with Crippen LogP contribution in [-0.2, 0) is 4.74 Å². The van der Waals surface area contributed by atoms with Crippen molar-refractivity contribution in [2.24, 2.45) is 0 Å². The van der Waals surface area contributed by atoms with E-state index in [9.17, 15) is 5.11 Å². The van der Waals surface area contributed by atoms with Crippen molar-refractivity contribution in [3.8, 4) is 0 Å². The molecule has 0 aliphatic carbocycles. The van der Waals surface area contributed by atoms with Crippen molar-refractivity contribution in [2.45, 2.75) is 25.0 Å². The summed E-state index contributed by atoms with van der Waals surface area (Å²) in [4.78, 5) is 0. The Hall–Kier alpha value is -0.340. The van der Waals surface area contributed by atoms with Crippen LogP contribution in [0.2, 0.25) is 0 Å². The second kappa shape index (κ2) is 2.99. The second-order valence-electron chi connectivity index (χ2n) is 2.28. The molecule has 0 unspecified atom stereocenters. The van der Waals surface area contributed by atoms with Crippen molar-refractivity contribution in [3.63, 3.8) is 0 Å². The Labute approximate surface area is 55.1 Å². The van der Waals surface area contributed by atoms with Crippen LogP contribution in [-0.4, -0.2) is 23.9 Å². The van der Waals surface area contributed by atoms with Crippen LogP contribution >= 0.6 is 0 Å². The molecule has 1 saturated heterocycles. The number of hydrogen-bond donors (Lipinski definition) is 1. The fourth-order valence-corrected chi connectivity index (χ4v) is 1.01. The van der Waals surface area contributed by atoms with Crippen molar-refractivity contribution in [1.29, 1.82) is 0 Å². The average Bonchev–Trinajstić information content (AvgIpc) is 1.89. The standard InChI is InChI=1S/C7H12O2/c1-2-7-6(8)4-3-5-9-7/h2,6-8H,1,3-5H2/t6-,7+/m1/s1. The first-order valence-electron chi connectivity index (χ1n) is 3.27. The zero-order chi connectivity index (χ0) is 6.69. The lowest BCUT2D eigenvalue weighted by atomic mass is 10.1. The van der Waals surface area contributed by atoms with Gasteiger partial charge in [0.1, 0.15) is 6.10 Å². The highest BCUT2D eigenvalue weighted by Crippen LogP contribution is 2.13. The van der Waals surface area contributed by atoms with E-state index in [0.717, 1.165) is 19.4 Å². The van der Waals surface area contributed by atoms with E-state index >= 15 is 0 Å². The summed E-state index contributed by atoms with van der Waals surface area (Å²) in [5, 5.41) is 9.17. The highest BCUT2D eigenvalue weighted by Gasteiger charge is 2.19. The molecule has 1 aliphatic rings. The van der Waals surface area contributed by atoms with Gasteiger partial charge in [0.05, 0.1) is 6.10 Å². The van der Waals surface area contributed by atoms with Crippen molar-refractivity contribution in [1.82, 2.24) is 0 Å². The number of aliphatic hydroxyl groups excluding tert-OH is 1. The summed E-state index contributed by atoms with van der Waals surface area (Å²) in [6.45, 7) is 4.31. The molecule has 0 bridgehead atoms. The Morgan fingerprint density at radius 1 is 1.67 bits per heavy atom. The predicted octanol–water partition coefficient (Wildman–Crippen LogP) is 0.712. The van der Waals surface area contributed by atoms with Gasteiger partial charge in [0.25, 0.3) is 0 Å². The van der Waals surface area contributed by atoms with Crippen LogP contribution in [0.3, 0.4) is 0 Å². The lowest BCUT2D eigenvalue weighted by Crippen LogP contribution is -2.31. The summed E-state index contributed by atoms with van der Waals surface area (Å²) < 4.78 is 5.17. The molecule has 1 N–H and O–H groups in total. The van der Waals surface area contributed by atoms with Crippen LogP contribution in [0.5, 0.6) is 0 Å². The molecule has 0 radical (unpaired) electrons. The molecule has 0 amide bonds. The number of ether oxygens (including phenoxy) is 1. The Kier molecular flexibility index (Phi) is 2.25. The first kappa shape index (κ1) is 6.78. The molecule has 52 valence electrons. The van der Waals surface area contributed by atoms with Gasteiger partial charge in [0.2, 0.25) is 0 Å². The van der Waals surface area contributed by atoms with E-state index in [1.165, 1.54) is 0 Å². The second-order valence-corrected chi connectivity index (χ2v) is 2.28. The topological polar surface area (TPSA) is 29.5 Å². The van der Waals surface area contributed by atoms with E-state index in [-0.39, 0.29) is 12.2 Å². The van der Waals surface area contributed by atoms with Crippen molar-refractivity contribution < 1.29 is 9.84 Å². The molecule has 0 aromatic rings. The summed E-state index contributed by atoms with van der Waals surface area (Å²) in [7, 11) is 0. The summed E-state index contributed by atoms with van der Waals surface area (Å²) in [5.74, 6) is 0. The van der Waals surface area contributed by atoms with Gasteiger partial charge >= 0.3 is 0 Å². The molecule has 0 saturated carbocycles. The summed E-state index contributed by atoms with van der Waals surface area (Å²) >= 11 is 0. The maximum absolute atomic E-state index is 9.17. The van der Waals surface area contributed by atoms with Crippen LogP contribution in [0, 0.1) is 0 Å². The van der Waals surface area contributed by atoms with Gasteiger partial charge in [0, 0.05) is 6.61 Å². The molecule has 2 atom stereocenters. The predicted molar refractivity (Wildman–Crippen MR) is 35.2 cm³/mol. The third kappa shape index (κ3) is 1.53. The quantitative estimate of drug-likeness (QED) is 0.527. The van der Waals surface area contributed by atoms with Gasteiger partial charge < -0.3 is 9.84 Å². The highest BCUT2D eigenvalue weighted by atomic mass is 16.5. The average molecular weight is 128 g/mol. The van der Waals surface area contributed by atoms with E-state index in [1.807, 2.05) is 0 Å². The van der Waals surface area contributed by atoms with E-state index < -0.39 is 0 Å². The first-order valence-corrected chi connectivity index (χ1v) is 3.27. The smallest absolute Gasteiger partial charge is 0.101 e. The minimum Gasteiger partial charge on any atom is -0.390 e. The van der Waals surface area contributed by atoms with Gasteiger partial charge in [-0.3, -0.25) is 0 Å². The number of hydrogen-bond acceptors (Lipinski definition) is 2. The summed E-state index contributed by atoms with van der Waals surface area (Å²) in [6.07, 6.45) is 3.02. The lowest BCUT2D eigenvalue weighted by molar-refractivity contribution is -0.0481. The van der Waals surface area contributed by atoms with Crippen LogP contribution in [0.25, 0.3) is 0 Å². The van der Waals surface area contributed by atoms with Crippen LogP contribution in [0.1, 0.15) is 12.8 Å². The minimum absolute atomic E-state index is 0.126. The van der Waals surface area contributed by atoms with Crippen LogP contribution in [0.15, 0.2) is 12.7 Å². The Morgan fingerprint density at radius 3 is 2.89 bits per heavy atom. The van der Waals surface area contributed by atoms with Gasteiger partial charge in [-0.15, -0.1) is 6.58 Å². The summed E-state index contributed by atoms with van der Waals surface area (Å²) in [6, 6.07) is 0. The molecule has 9 heavy (non-hydrogen) atoms. The molecule has 1 aliphatic heterocycles. The minimum atomic E-state index is -0.323. The van der Waals surface area contributed by atoms with Gasteiger partial charge in [-0.25, -0.2) is 0 Å². The third-order valence-corrected chi connectivity index (χ3v) is 1.57. The normalized spacial score (nSPS) is 36.1. The SMILES string of the molecule is C=C[C@@H]1OCCC[C@H]1O. The van der Waals surface area contributed by atoms with E-state index in [4.69, 9.17) is 4.74 Å². The van der Waals surface area contributed by atoms with Gasteiger partial charge in [-0.2, -0.15) is 0 Å². The Bertz CT molecular complexity index is 101. The van der Waals surface area contributed by atoms with Crippen molar-refractivity contribution >= 4 is 0 Å². The van der Waals surface area contributed by atoms with Gasteiger partial charge in [-0.05, 0) is 12.8 Å². The third-order valence-electron chi connectivity index (χ3n) is 1.57. The highest BCUT2D eigenvalue weighted by molar-refractivity contribution is 4.87. The Morgan fingerprint density at radius 2 is 2.44 bits per heavy atom. The summed E-state index contributed by atoms with van der Waals surface area (Å²) in [5.41, 5.74) is 0. The molecule has 1 fully saturated rings. The van der Waals surface area contributed by atoms with E-state index in [0.29, 0.717) is 0 Å². The van der Waals surface area contributed by atoms with Crippen molar-refractivity contribution in [3.05, 3.63) is 12.7 Å². The fourth-order valence-electron chi connectivity index (χ4n) is 1.01. The largest absolute Gasteiger partial charge is 0.390 e. The molecule has 0 spiro atoms. The number of aliphatic hydroxyl groups is 1. The molecule has 1 heterocycles. The zero-order valence-corrected chi connectivity index (χ0v) is 5.42. The van der Waals surface area contributed by atoms with E-state index in [2.05, 4.69) is 6.58 Å². The molecular weight excluding hydrogens is 116 g/mol. The van der Waals surface area contributed by atoms with Crippen LogP contribution in [0.4, 0.5) is 0 Å². The fraction of sp³-hybridized carbons (Fsp3) is 0.714. The molecule has 1 rings (SSSR count). The molecule has 2 heteroatoms. The number of rotatable bonds is 1. The zero-order valence-electron chi connectivity index (χ0n) is 5.42. The first-order chi connectivity index (χ1) is 4.34. The maximum Gasteiger partial charge on any atom is 0.101 e. The monoisotopic (exact) mass is 128 g/mol. The molecule has 0 aromatic carbocycles. The molecular formula is C7H12O2. The van der Waals surface area contributed by atoms with Crippen molar-refractivity contribution in [2.75, 3.05) is 6.61 Å². The van der Waals surface area contributed by atoms with Crippen LogP contribution < -0.4 is 0 Å². The molecule has 2 nitrogen and oxygen atoms in total. The lowest BCUT2D eigenvalue weighted by Gasteiger charge is -2.24. The Balaban J connectivity index is 2.38. The van der Waals surface area contributed by atoms with E-state index in [1.54, 1.807) is 6.08 Å².